The van der Waals surface area contributed by atoms with Gasteiger partial charge in [-0.05, 0) is 31.2 Å². The van der Waals surface area contributed by atoms with E-state index in [-0.39, 0.29) is 6.61 Å². The van der Waals surface area contributed by atoms with Crippen molar-refractivity contribution >= 4 is 22.3 Å². The standard InChI is InChI=1S/C15H21N3O2/c1-11-9-15(18(5-7-19)6-8-20-2)13-10-12(16)3-4-14(13)17-11/h3-4,9-10,19H,5-8,16H2,1-2H3. The molecule has 0 saturated carbocycles. The van der Waals surface area contributed by atoms with Gasteiger partial charge in [-0.2, -0.15) is 0 Å². The van der Waals surface area contributed by atoms with Crippen LogP contribution in [0.4, 0.5) is 11.4 Å². The van der Waals surface area contributed by atoms with Crippen molar-refractivity contribution in [2.45, 2.75) is 6.92 Å². The van der Waals surface area contributed by atoms with Crippen molar-refractivity contribution in [1.82, 2.24) is 4.98 Å². The molecule has 0 saturated heterocycles. The first-order valence-electron chi connectivity index (χ1n) is 6.67. The Kier molecular flexibility index (Phi) is 4.76. The minimum absolute atomic E-state index is 0.0922. The molecule has 2 aromatic rings. The van der Waals surface area contributed by atoms with Crippen LogP contribution >= 0.6 is 0 Å². The summed E-state index contributed by atoms with van der Waals surface area (Å²) in [5, 5.41) is 10.3. The van der Waals surface area contributed by atoms with Crippen LogP contribution in [-0.4, -0.2) is 43.5 Å². The van der Waals surface area contributed by atoms with E-state index in [4.69, 9.17) is 10.5 Å². The van der Waals surface area contributed by atoms with Gasteiger partial charge in [0.1, 0.15) is 0 Å². The van der Waals surface area contributed by atoms with E-state index in [1.54, 1.807) is 7.11 Å². The zero-order chi connectivity index (χ0) is 14.5. The van der Waals surface area contributed by atoms with Gasteiger partial charge in [-0.25, -0.2) is 0 Å². The first-order chi connectivity index (χ1) is 9.65. The molecule has 0 atom stereocenters. The van der Waals surface area contributed by atoms with Crippen LogP contribution in [0.3, 0.4) is 0 Å². The summed E-state index contributed by atoms with van der Waals surface area (Å²) < 4.78 is 5.14. The molecule has 20 heavy (non-hydrogen) atoms. The van der Waals surface area contributed by atoms with Crippen LogP contribution in [0.5, 0.6) is 0 Å². The molecule has 2 rings (SSSR count). The number of nitrogens with two attached hydrogens (primary N) is 1. The SMILES string of the molecule is COCCN(CCO)c1cc(C)nc2ccc(N)cc12. The largest absolute Gasteiger partial charge is 0.399 e. The van der Waals surface area contributed by atoms with Crippen LogP contribution < -0.4 is 10.6 Å². The van der Waals surface area contributed by atoms with Crippen molar-refractivity contribution in [2.24, 2.45) is 0 Å². The van der Waals surface area contributed by atoms with Crippen molar-refractivity contribution in [3.63, 3.8) is 0 Å². The van der Waals surface area contributed by atoms with Crippen molar-refractivity contribution < 1.29 is 9.84 Å². The number of aromatic nitrogens is 1. The van der Waals surface area contributed by atoms with Crippen molar-refractivity contribution in [3.05, 3.63) is 30.0 Å². The second-order valence-corrected chi connectivity index (χ2v) is 4.76. The second-order valence-electron chi connectivity index (χ2n) is 4.76. The number of ether oxygens (including phenoxy) is 1. The molecule has 5 heteroatoms. The monoisotopic (exact) mass is 275 g/mol. The van der Waals surface area contributed by atoms with Crippen molar-refractivity contribution in [3.8, 4) is 0 Å². The number of methoxy groups -OCH3 is 1. The highest BCUT2D eigenvalue weighted by molar-refractivity contribution is 5.94. The molecule has 0 aliphatic rings. The fraction of sp³-hybridized carbons (Fsp3) is 0.400. The fourth-order valence-corrected chi connectivity index (χ4v) is 2.29. The summed E-state index contributed by atoms with van der Waals surface area (Å²) in [6.45, 7) is 3.92. The number of aliphatic hydroxyl groups is 1. The van der Waals surface area contributed by atoms with Crippen molar-refractivity contribution in [2.75, 3.05) is 44.0 Å². The first kappa shape index (κ1) is 14.6. The number of rotatable bonds is 6. The summed E-state index contributed by atoms with van der Waals surface area (Å²) in [6, 6.07) is 7.72. The number of fused-ring (bicyclic) bond motifs is 1. The Balaban J connectivity index is 2.50. The number of nitrogens with zero attached hydrogens (tertiary/aromatic N) is 2. The van der Waals surface area contributed by atoms with E-state index in [9.17, 15) is 5.11 Å². The predicted octanol–water partition coefficient (Wildman–Crippen LogP) is 1.57. The number of hydrogen-bond donors (Lipinski definition) is 2. The lowest BCUT2D eigenvalue weighted by Gasteiger charge is -2.25. The summed E-state index contributed by atoms with van der Waals surface area (Å²) in [6.07, 6.45) is 0. The van der Waals surface area contributed by atoms with E-state index in [1.807, 2.05) is 31.2 Å². The molecular formula is C15H21N3O2. The number of hydrogen-bond acceptors (Lipinski definition) is 5. The molecule has 0 spiro atoms. The van der Waals surface area contributed by atoms with Crippen LogP contribution in [0.15, 0.2) is 24.3 Å². The molecule has 0 bridgehead atoms. The topological polar surface area (TPSA) is 71.6 Å². The Morgan fingerprint density at radius 1 is 1.30 bits per heavy atom. The van der Waals surface area contributed by atoms with Gasteiger partial charge >= 0.3 is 0 Å². The Bertz CT molecular complexity index is 587. The smallest absolute Gasteiger partial charge is 0.0727 e. The van der Waals surface area contributed by atoms with E-state index in [1.165, 1.54) is 0 Å². The Morgan fingerprint density at radius 2 is 2.10 bits per heavy atom. The minimum Gasteiger partial charge on any atom is -0.399 e. The van der Waals surface area contributed by atoms with Crippen LogP contribution in [0.1, 0.15) is 5.69 Å². The lowest BCUT2D eigenvalue weighted by molar-refractivity contribution is 0.203. The van der Waals surface area contributed by atoms with Crippen LogP contribution in [0.2, 0.25) is 0 Å². The molecule has 0 unspecified atom stereocenters. The van der Waals surface area contributed by atoms with E-state index in [2.05, 4.69) is 9.88 Å². The number of pyridine rings is 1. The fourth-order valence-electron chi connectivity index (χ4n) is 2.29. The minimum atomic E-state index is 0.0922. The predicted molar refractivity (Wildman–Crippen MR) is 82.1 cm³/mol. The maximum absolute atomic E-state index is 9.27. The van der Waals surface area contributed by atoms with Gasteiger partial charge in [-0.3, -0.25) is 4.98 Å². The van der Waals surface area contributed by atoms with Gasteiger partial charge in [0.25, 0.3) is 0 Å². The number of nitrogen functional groups attached to an aromatic ring is 1. The summed E-state index contributed by atoms with van der Waals surface area (Å²) >= 11 is 0. The summed E-state index contributed by atoms with van der Waals surface area (Å²) in [5.41, 5.74) is 9.48. The molecule has 1 heterocycles. The van der Waals surface area contributed by atoms with Gasteiger partial charge in [0, 0.05) is 42.7 Å². The van der Waals surface area contributed by atoms with E-state index in [0.29, 0.717) is 25.4 Å². The molecule has 108 valence electrons. The van der Waals surface area contributed by atoms with Gasteiger partial charge < -0.3 is 20.5 Å². The molecule has 1 aromatic heterocycles. The quantitative estimate of drug-likeness (QED) is 0.783. The molecule has 0 radical (unpaired) electrons. The van der Waals surface area contributed by atoms with Gasteiger partial charge in [-0.15, -0.1) is 0 Å². The molecule has 3 N–H and O–H groups in total. The van der Waals surface area contributed by atoms with Gasteiger partial charge in [-0.1, -0.05) is 0 Å². The molecule has 5 nitrogen and oxygen atoms in total. The number of anilines is 2. The summed E-state index contributed by atoms with van der Waals surface area (Å²) in [5.74, 6) is 0. The third-order valence-electron chi connectivity index (χ3n) is 3.21. The van der Waals surface area contributed by atoms with E-state index < -0.39 is 0 Å². The van der Waals surface area contributed by atoms with E-state index in [0.717, 1.165) is 22.3 Å². The van der Waals surface area contributed by atoms with Crippen LogP contribution in [0.25, 0.3) is 10.9 Å². The highest BCUT2D eigenvalue weighted by Gasteiger charge is 2.12. The number of aliphatic hydroxyl groups excluding tert-OH is 1. The van der Waals surface area contributed by atoms with Gasteiger partial charge in [0.05, 0.1) is 18.7 Å². The zero-order valence-corrected chi connectivity index (χ0v) is 12.0. The molecule has 1 aromatic carbocycles. The van der Waals surface area contributed by atoms with Crippen LogP contribution in [0, 0.1) is 6.92 Å². The van der Waals surface area contributed by atoms with Crippen molar-refractivity contribution in [1.29, 1.82) is 0 Å². The molecule has 0 aliphatic carbocycles. The highest BCUT2D eigenvalue weighted by atomic mass is 16.5. The second kappa shape index (κ2) is 6.54. The normalized spacial score (nSPS) is 10.9. The lowest BCUT2D eigenvalue weighted by atomic mass is 10.1. The molecule has 0 aliphatic heterocycles. The third-order valence-corrected chi connectivity index (χ3v) is 3.21. The Hall–Kier alpha value is -1.85. The Labute approximate surface area is 119 Å². The number of benzene rings is 1. The molecule has 0 amide bonds. The highest BCUT2D eigenvalue weighted by Crippen LogP contribution is 2.28. The number of aryl methyl sites for hydroxylation is 1. The van der Waals surface area contributed by atoms with E-state index >= 15 is 0 Å². The van der Waals surface area contributed by atoms with Crippen LogP contribution in [-0.2, 0) is 4.74 Å². The molecular weight excluding hydrogens is 254 g/mol. The average molecular weight is 275 g/mol. The first-order valence-corrected chi connectivity index (χ1v) is 6.67. The maximum Gasteiger partial charge on any atom is 0.0727 e. The third kappa shape index (κ3) is 3.18. The zero-order valence-electron chi connectivity index (χ0n) is 12.0. The maximum atomic E-state index is 9.27. The summed E-state index contributed by atoms with van der Waals surface area (Å²) in [4.78, 5) is 6.62. The molecule has 0 fully saturated rings. The summed E-state index contributed by atoms with van der Waals surface area (Å²) in [7, 11) is 1.67. The van der Waals surface area contributed by atoms with Gasteiger partial charge in [0.15, 0.2) is 0 Å². The van der Waals surface area contributed by atoms with Gasteiger partial charge in [0.2, 0.25) is 0 Å². The average Bonchev–Trinajstić information content (AvgIpc) is 2.43. The lowest BCUT2D eigenvalue weighted by Crippen LogP contribution is -2.30. The Morgan fingerprint density at radius 3 is 2.80 bits per heavy atom.